The maximum Gasteiger partial charge on any atom is 0.166 e. The number of benzene rings is 1. The van der Waals surface area contributed by atoms with Crippen LogP contribution in [-0.2, 0) is 20.9 Å². The molecule has 20 heavy (non-hydrogen) atoms. The zero-order valence-electron chi connectivity index (χ0n) is 10.7. The number of alkyl halides is 2. The first-order chi connectivity index (χ1) is 9.62. The number of halogens is 2. The van der Waals surface area contributed by atoms with E-state index in [1.54, 1.807) is 0 Å². The molecule has 0 N–H and O–H groups in total. The van der Waals surface area contributed by atoms with Crippen molar-refractivity contribution >= 4 is 37.6 Å². The molecule has 2 heterocycles. The van der Waals surface area contributed by atoms with Crippen molar-refractivity contribution < 1.29 is 14.3 Å². The summed E-state index contributed by atoms with van der Waals surface area (Å²) in [7, 11) is 0. The predicted molar refractivity (Wildman–Crippen MR) is 83.3 cm³/mol. The highest BCUT2D eigenvalue weighted by atomic mass is 79.9. The topological polar surface area (TPSA) is 35.5 Å². The average Bonchev–Trinajstić information content (AvgIpc) is 2.88. The van der Waals surface area contributed by atoms with Crippen LogP contribution in [0.25, 0.3) is 0 Å². The van der Waals surface area contributed by atoms with Crippen LogP contribution in [0.2, 0.25) is 0 Å². The summed E-state index contributed by atoms with van der Waals surface area (Å²) in [6.07, 6.45) is 3.68. The molecule has 0 saturated carbocycles. The Bertz CT molecular complexity index is 531. The molecular formula is C15H14Br2O3. The molecule has 2 aliphatic heterocycles. The molecule has 2 aliphatic rings. The van der Waals surface area contributed by atoms with Crippen LogP contribution >= 0.6 is 31.9 Å². The van der Waals surface area contributed by atoms with Gasteiger partial charge in [0.2, 0.25) is 0 Å². The first-order valence-corrected chi connectivity index (χ1v) is 8.26. The quantitative estimate of drug-likeness (QED) is 0.574. The standard InChI is InChI=1S/C15H14Br2O3/c16-12-11-6-7-15(20-11,14(17)13(12)18)9-19-8-10-4-2-1-3-5-10/h1-7,11-12,14H,8-9H2/t11-,12+,14+,15-/m0/s1. The Hall–Kier alpha value is -0.490. The zero-order valence-corrected chi connectivity index (χ0v) is 13.8. The highest BCUT2D eigenvalue weighted by Gasteiger charge is 2.54. The van der Waals surface area contributed by atoms with E-state index in [9.17, 15) is 4.79 Å². The van der Waals surface area contributed by atoms with Crippen LogP contribution in [-0.4, -0.2) is 33.7 Å². The molecule has 3 rings (SSSR count). The van der Waals surface area contributed by atoms with Crippen molar-refractivity contribution in [2.75, 3.05) is 6.61 Å². The molecule has 0 aromatic heterocycles. The van der Waals surface area contributed by atoms with Gasteiger partial charge < -0.3 is 9.47 Å². The fourth-order valence-corrected chi connectivity index (χ4v) is 4.07. The van der Waals surface area contributed by atoms with Gasteiger partial charge in [0.25, 0.3) is 0 Å². The molecule has 0 radical (unpaired) electrons. The highest BCUT2D eigenvalue weighted by Crippen LogP contribution is 2.41. The predicted octanol–water partition coefficient (Wildman–Crippen LogP) is 3.01. The number of carbonyl (C=O) groups is 1. The molecule has 0 unspecified atom stereocenters. The smallest absolute Gasteiger partial charge is 0.166 e. The third-order valence-corrected chi connectivity index (χ3v) is 5.80. The number of fused-ring (bicyclic) bond motifs is 2. The van der Waals surface area contributed by atoms with Crippen molar-refractivity contribution in [2.24, 2.45) is 0 Å². The van der Waals surface area contributed by atoms with Gasteiger partial charge in [0.1, 0.15) is 15.3 Å². The zero-order chi connectivity index (χ0) is 14.2. The van der Waals surface area contributed by atoms with Crippen LogP contribution in [0.5, 0.6) is 0 Å². The van der Waals surface area contributed by atoms with E-state index in [0.717, 1.165) is 5.56 Å². The second kappa shape index (κ2) is 5.72. The minimum absolute atomic E-state index is 0.106. The summed E-state index contributed by atoms with van der Waals surface area (Å²) >= 11 is 6.83. The lowest BCUT2D eigenvalue weighted by molar-refractivity contribution is -0.141. The van der Waals surface area contributed by atoms with Gasteiger partial charge in [-0.15, -0.1) is 0 Å². The van der Waals surface area contributed by atoms with Crippen LogP contribution in [0, 0.1) is 0 Å². The van der Waals surface area contributed by atoms with E-state index in [0.29, 0.717) is 13.2 Å². The van der Waals surface area contributed by atoms with E-state index in [1.165, 1.54) is 0 Å². The molecule has 0 spiro atoms. The summed E-state index contributed by atoms with van der Waals surface area (Å²) < 4.78 is 11.7. The molecule has 1 aromatic carbocycles. The average molecular weight is 402 g/mol. The van der Waals surface area contributed by atoms with Gasteiger partial charge in [-0.2, -0.15) is 0 Å². The van der Waals surface area contributed by atoms with Gasteiger partial charge in [-0.25, -0.2) is 0 Å². The fraction of sp³-hybridized carbons (Fsp3) is 0.400. The third-order valence-electron chi connectivity index (χ3n) is 3.60. The lowest BCUT2D eigenvalue weighted by Gasteiger charge is -2.38. The summed E-state index contributed by atoms with van der Waals surface area (Å²) in [4.78, 5) is 11.5. The molecule has 1 saturated heterocycles. The maximum absolute atomic E-state index is 12.2. The summed E-state index contributed by atoms with van der Waals surface area (Å²) in [6, 6.07) is 9.95. The second-order valence-corrected chi connectivity index (χ2v) is 6.94. The molecular weight excluding hydrogens is 388 g/mol. The number of rotatable bonds is 4. The largest absolute Gasteiger partial charge is 0.373 e. The SMILES string of the molecule is O=C1[C@@H](Br)[C@@]2(COCc3ccccc3)C=C[C@H](O2)[C@H]1Br. The van der Waals surface area contributed by atoms with Crippen molar-refractivity contribution in [1.82, 2.24) is 0 Å². The minimum atomic E-state index is -0.680. The Morgan fingerprint density at radius 1 is 1.25 bits per heavy atom. The van der Waals surface area contributed by atoms with Crippen LogP contribution in [0.15, 0.2) is 42.5 Å². The van der Waals surface area contributed by atoms with Crippen molar-refractivity contribution in [2.45, 2.75) is 28.0 Å². The van der Waals surface area contributed by atoms with Gasteiger partial charge >= 0.3 is 0 Å². The number of hydrogen-bond donors (Lipinski definition) is 0. The normalized spacial score (nSPS) is 35.5. The van der Waals surface area contributed by atoms with Crippen molar-refractivity contribution in [1.29, 1.82) is 0 Å². The molecule has 5 heteroatoms. The Morgan fingerprint density at radius 3 is 2.75 bits per heavy atom. The summed E-state index contributed by atoms with van der Waals surface area (Å²) in [5.74, 6) is 0.106. The maximum atomic E-state index is 12.2. The van der Waals surface area contributed by atoms with Crippen LogP contribution in [0.1, 0.15) is 5.56 Å². The van der Waals surface area contributed by atoms with Gasteiger partial charge in [-0.3, -0.25) is 4.79 Å². The molecule has 0 aliphatic carbocycles. The van der Waals surface area contributed by atoms with E-state index < -0.39 is 5.60 Å². The van der Waals surface area contributed by atoms with Gasteiger partial charge in [0, 0.05) is 0 Å². The van der Waals surface area contributed by atoms with Crippen molar-refractivity contribution in [3.8, 4) is 0 Å². The molecule has 1 fully saturated rings. The van der Waals surface area contributed by atoms with Gasteiger partial charge in [-0.1, -0.05) is 74.3 Å². The second-order valence-electron chi connectivity index (χ2n) is 5.04. The van der Waals surface area contributed by atoms with Gasteiger partial charge in [0.05, 0.1) is 19.3 Å². The number of hydrogen-bond acceptors (Lipinski definition) is 3. The lowest BCUT2D eigenvalue weighted by atomic mass is 9.95. The molecule has 2 bridgehead atoms. The monoisotopic (exact) mass is 400 g/mol. The molecule has 0 amide bonds. The van der Waals surface area contributed by atoms with E-state index >= 15 is 0 Å². The van der Waals surface area contributed by atoms with Crippen LogP contribution in [0.3, 0.4) is 0 Å². The molecule has 3 nitrogen and oxygen atoms in total. The number of Topliss-reactive ketones (excluding diaryl/α,β-unsaturated/α-hetero) is 1. The minimum Gasteiger partial charge on any atom is -0.373 e. The number of ketones is 1. The Morgan fingerprint density at radius 2 is 2.00 bits per heavy atom. The number of carbonyl (C=O) groups excluding carboxylic acids is 1. The third kappa shape index (κ3) is 2.52. The van der Waals surface area contributed by atoms with Gasteiger partial charge in [-0.05, 0) is 5.56 Å². The van der Waals surface area contributed by atoms with Crippen molar-refractivity contribution in [3.63, 3.8) is 0 Å². The van der Waals surface area contributed by atoms with E-state index in [-0.39, 0.29) is 21.5 Å². The Balaban J connectivity index is 1.65. The summed E-state index contributed by atoms with van der Waals surface area (Å²) in [6.45, 7) is 0.867. The summed E-state index contributed by atoms with van der Waals surface area (Å²) in [5, 5.41) is 0. The van der Waals surface area contributed by atoms with E-state index in [2.05, 4.69) is 31.9 Å². The lowest BCUT2D eigenvalue weighted by Crippen LogP contribution is -2.55. The molecule has 4 atom stereocenters. The highest BCUT2D eigenvalue weighted by molar-refractivity contribution is 9.10. The molecule has 106 valence electrons. The summed E-state index contributed by atoms with van der Waals surface area (Å²) in [5.41, 5.74) is 0.426. The number of ether oxygens (including phenoxy) is 2. The van der Waals surface area contributed by atoms with E-state index in [4.69, 9.17) is 9.47 Å². The first kappa shape index (κ1) is 14.4. The molecule has 1 aromatic rings. The Labute approximate surface area is 134 Å². The van der Waals surface area contributed by atoms with Crippen LogP contribution in [0.4, 0.5) is 0 Å². The Kier molecular flexibility index (Phi) is 4.13. The first-order valence-electron chi connectivity index (χ1n) is 6.43. The van der Waals surface area contributed by atoms with Gasteiger partial charge in [0.15, 0.2) is 5.78 Å². The van der Waals surface area contributed by atoms with Crippen molar-refractivity contribution in [3.05, 3.63) is 48.0 Å². The van der Waals surface area contributed by atoms with E-state index in [1.807, 2.05) is 42.5 Å². The fourth-order valence-electron chi connectivity index (χ4n) is 2.49. The van der Waals surface area contributed by atoms with Crippen LogP contribution < -0.4 is 0 Å².